The number of carboxylic acid groups (broad SMARTS) is 8. The van der Waals surface area contributed by atoms with Crippen molar-refractivity contribution in [1.82, 2.24) is 9.80 Å². The molecule has 0 fully saturated rings. The molecule has 0 aliphatic carbocycles. The number of carbonyl (C=O) groups is 8. The van der Waals surface area contributed by atoms with Gasteiger partial charge in [0.05, 0.1) is 23.9 Å². The summed E-state index contributed by atoms with van der Waals surface area (Å²) in [6, 6.07) is 0. The van der Waals surface area contributed by atoms with Gasteiger partial charge in [-0.15, -0.1) is 0 Å². The molecule has 0 aromatic carbocycles. The second-order valence-corrected chi connectivity index (χ2v) is 6.56. The fourth-order valence-electron chi connectivity index (χ4n) is 1.44. The van der Waals surface area contributed by atoms with Crippen molar-refractivity contribution in [3.63, 3.8) is 0 Å². The Labute approximate surface area is 342 Å². The summed E-state index contributed by atoms with van der Waals surface area (Å²) in [5.41, 5.74) is 9.81. The molecule has 0 radical (unpaired) electrons. The minimum atomic E-state index is -1.53. The third-order valence-corrected chi connectivity index (χ3v) is 2.31. The van der Waals surface area contributed by atoms with Crippen molar-refractivity contribution in [3.05, 3.63) is 0 Å². The number of aliphatic carboxylic acids is 8. The van der Waals surface area contributed by atoms with E-state index in [1.807, 2.05) is 0 Å². The first kappa shape index (κ1) is 70.1. The van der Waals surface area contributed by atoms with Crippen LogP contribution in [0, 0.1) is 0 Å². The van der Waals surface area contributed by atoms with Crippen molar-refractivity contribution >= 4 is 47.8 Å². The Morgan fingerprint density at radius 3 is 0.636 bits per heavy atom. The molecule has 0 heterocycles. The van der Waals surface area contributed by atoms with E-state index in [1.165, 1.54) is 0 Å². The third kappa shape index (κ3) is 147. The molecule has 0 bridgehead atoms. The Hall–Kier alpha value is -0.400. The first-order valence-corrected chi connectivity index (χ1v) is 10.5. The normalized spacial score (nSPS) is 7.82. The van der Waals surface area contributed by atoms with E-state index in [0.29, 0.717) is 13.1 Å². The maximum atomic E-state index is 10.4. The first-order chi connectivity index (χ1) is 18.0. The summed E-state index contributed by atoms with van der Waals surface area (Å²) in [7, 11) is 0. The van der Waals surface area contributed by atoms with Gasteiger partial charge in [0, 0.05) is 80.1 Å². The van der Waals surface area contributed by atoms with Crippen LogP contribution in [0.25, 0.3) is 0 Å². The van der Waals surface area contributed by atoms with E-state index in [-0.39, 0.29) is 131 Å². The van der Waals surface area contributed by atoms with E-state index in [9.17, 15) is 39.6 Å². The van der Waals surface area contributed by atoms with E-state index in [1.54, 1.807) is 0 Å². The van der Waals surface area contributed by atoms with Gasteiger partial charge in [-0.25, -0.2) is 0 Å². The van der Waals surface area contributed by atoms with E-state index in [0.717, 1.165) is 37.5 Å². The average Bonchev–Trinajstić information content (AvgIpc) is 2.68. The monoisotopic (exact) mass is 680 g/mol. The summed E-state index contributed by atoms with van der Waals surface area (Å²) < 4.78 is 0. The van der Waals surface area contributed by atoms with Gasteiger partial charge >= 0.3 is 118 Å². The van der Waals surface area contributed by atoms with Gasteiger partial charge in [0.2, 0.25) is 0 Å². The van der Waals surface area contributed by atoms with Crippen LogP contribution in [0.2, 0.25) is 0 Å². The molecule has 8 N–H and O–H groups in total. The van der Waals surface area contributed by atoms with Crippen molar-refractivity contribution in [2.45, 2.75) is 27.7 Å². The molecule has 0 aromatic heterocycles. The van der Waals surface area contributed by atoms with E-state index in [4.69, 9.17) is 51.1 Å². The van der Waals surface area contributed by atoms with Gasteiger partial charge in [-0.2, -0.15) is 0 Å². The fourth-order valence-corrected chi connectivity index (χ4v) is 1.44. The minimum absolute atomic E-state index is 0. The number of nitrogens with zero attached hydrogens (tertiary/aromatic N) is 2. The SMILES string of the molecule is CC(=O)O.CC(=O)O.CC(=O)O.CC(=O)O.NCCN.O=C([O-])CN(CCN(CC(=O)[O-])CC(=O)[O-])CC(=O)[O-].[Na+].[Na+].[Na+].[Na+]. The molecule has 44 heavy (non-hydrogen) atoms. The standard InChI is InChI=1S/C10H16N2O8.C2H8N2.4C2H4O2.4Na/c13-7(14)3-11(4-8(15)16)1-2-12(5-9(17)18)6-10(19)20;3-1-2-4;4*1-2(3)4;;;;/h1-6H2,(H,13,14)(H,15,16)(H,17,18)(H,19,20);1-4H2;4*1H3,(H,3,4);;;;/q;;;;;;4*+1/p-4. The van der Waals surface area contributed by atoms with Crippen molar-refractivity contribution in [1.29, 1.82) is 0 Å². The Morgan fingerprint density at radius 2 is 0.568 bits per heavy atom. The van der Waals surface area contributed by atoms with Crippen LogP contribution in [-0.4, -0.2) is 130 Å². The topological polar surface area (TPSA) is 368 Å². The Kier molecular flexibility index (Phi) is 83.1. The molecule has 0 rings (SSSR count). The molecule has 0 aromatic rings. The molecule has 0 aliphatic heterocycles. The number of carboxylic acids is 8. The van der Waals surface area contributed by atoms with Gasteiger partial charge < -0.3 is 71.5 Å². The molecule has 0 unspecified atom stereocenters. The summed E-state index contributed by atoms with van der Waals surface area (Å²) in [4.78, 5) is 79.4. The number of carbonyl (C=O) groups excluding carboxylic acids is 4. The van der Waals surface area contributed by atoms with Gasteiger partial charge in [0.25, 0.3) is 23.9 Å². The van der Waals surface area contributed by atoms with Crippen LogP contribution < -0.4 is 150 Å². The van der Waals surface area contributed by atoms with Gasteiger partial charge in [-0.3, -0.25) is 29.0 Å². The summed E-state index contributed by atoms with van der Waals surface area (Å²) in [6.45, 7) is 2.28. The van der Waals surface area contributed by atoms with Crippen molar-refractivity contribution in [2.24, 2.45) is 11.5 Å². The quantitative estimate of drug-likeness (QED) is 0.104. The molecular formula is C20H36N4Na4O16. The summed E-state index contributed by atoms with van der Waals surface area (Å²) in [5.74, 6) is -9.45. The van der Waals surface area contributed by atoms with Crippen molar-refractivity contribution in [3.8, 4) is 0 Å². The number of nitrogens with two attached hydrogens (primary N) is 2. The Bertz CT molecular complexity index is 646. The molecule has 236 valence electrons. The van der Waals surface area contributed by atoms with Crippen LogP contribution in [0.3, 0.4) is 0 Å². The first-order valence-electron chi connectivity index (χ1n) is 10.5. The van der Waals surface area contributed by atoms with Crippen LogP contribution in [0.15, 0.2) is 0 Å². The van der Waals surface area contributed by atoms with Gasteiger partial charge in [-0.1, -0.05) is 0 Å². The zero-order chi connectivity index (χ0) is 33.4. The summed E-state index contributed by atoms with van der Waals surface area (Å²) in [6.07, 6.45) is 0. The third-order valence-electron chi connectivity index (χ3n) is 2.31. The molecule has 0 saturated carbocycles. The molecule has 20 nitrogen and oxygen atoms in total. The minimum Gasteiger partial charge on any atom is -0.549 e. The Balaban J connectivity index is -0.0000000496. The predicted molar refractivity (Wildman–Crippen MR) is 124 cm³/mol. The van der Waals surface area contributed by atoms with Crippen molar-refractivity contribution in [2.75, 3.05) is 52.4 Å². The molecule has 24 heteroatoms. The van der Waals surface area contributed by atoms with Crippen molar-refractivity contribution < 1.29 is 197 Å². The van der Waals surface area contributed by atoms with E-state index < -0.39 is 73.9 Å². The maximum Gasteiger partial charge on any atom is 1.00 e. The largest absolute Gasteiger partial charge is 1.00 e. The molecule has 0 aliphatic rings. The van der Waals surface area contributed by atoms with E-state index >= 15 is 0 Å². The fraction of sp³-hybridized carbons (Fsp3) is 0.600. The van der Waals surface area contributed by atoms with Crippen LogP contribution in [0.4, 0.5) is 0 Å². The predicted octanol–water partition coefficient (Wildman–Crippen LogP) is -20.1. The van der Waals surface area contributed by atoms with Gasteiger partial charge in [-0.05, 0) is 0 Å². The summed E-state index contributed by atoms with van der Waals surface area (Å²) in [5, 5.41) is 71.3. The average molecular weight is 680 g/mol. The van der Waals surface area contributed by atoms with Gasteiger partial charge in [0.15, 0.2) is 0 Å². The molecule has 0 atom stereocenters. The summed E-state index contributed by atoms with van der Waals surface area (Å²) >= 11 is 0. The Morgan fingerprint density at radius 1 is 0.455 bits per heavy atom. The molecule has 0 saturated heterocycles. The zero-order valence-electron chi connectivity index (χ0n) is 26.4. The molecular weight excluding hydrogens is 644 g/mol. The maximum absolute atomic E-state index is 10.4. The van der Waals surface area contributed by atoms with E-state index in [2.05, 4.69) is 0 Å². The van der Waals surface area contributed by atoms with Crippen LogP contribution in [-0.2, 0) is 38.4 Å². The van der Waals surface area contributed by atoms with Crippen LogP contribution in [0.5, 0.6) is 0 Å². The molecule has 0 spiro atoms. The van der Waals surface area contributed by atoms with Crippen LogP contribution in [0.1, 0.15) is 27.7 Å². The number of rotatable bonds is 12. The van der Waals surface area contributed by atoms with Gasteiger partial charge in [0.1, 0.15) is 0 Å². The number of hydrogen-bond donors (Lipinski definition) is 6. The van der Waals surface area contributed by atoms with Crippen LogP contribution >= 0.6 is 0 Å². The number of hydrogen-bond acceptors (Lipinski definition) is 16. The second-order valence-electron chi connectivity index (χ2n) is 6.56. The second kappa shape index (κ2) is 52.1. The smallest absolute Gasteiger partial charge is 0.549 e. The zero-order valence-corrected chi connectivity index (χ0v) is 34.4. The molecule has 0 amide bonds.